The van der Waals surface area contributed by atoms with Crippen molar-refractivity contribution in [1.82, 2.24) is 10.2 Å². The summed E-state index contributed by atoms with van der Waals surface area (Å²) >= 11 is 0. The predicted molar refractivity (Wildman–Crippen MR) is 89.2 cm³/mol. The van der Waals surface area contributed by atoms with Gasteiger partial charge in [0.2, 0.25) is 0 Å². The average molecular weight is 328 g/mol. The molecule has 2 atom stereocenters. The Morgan fingerprint density at radius 1 is 1.00 bits per heavy atom. The van der Waals surface area contributed by atoms with Crippen LogP contribution in [-0.2, 0) is 19.1 Å². The lowest BCUT2D eigenvalue weighted by Gasteiger charge is -2.37. The van der Waals surface area contributed by atoms with Crippen LogP contribution < -0.4 is 5.32 Å². The van der Waals surface area contributed by atoms with Crippen molar-refractivity contribution >= 4 is 11.9 Å². The van der Waals surface area contributed by atoms with Crippen LogP contribution in [0.4, 0.5) is 0 Å². The molecule has 1 N–H and O–H groups in total. The molecule has 1 heterocycles. The number of ether oxygens (including phenoxy) is 2. The normalized spacial score (nSPS) is 19.1. The Morgan fingerprint density at radius 2 is 1.57 bits per heavy atom. The molecular formula is C17H32N2O4. The highest BCUT2D eigenvalue weighted by Crippen LogP contribution is 2.17. The Balaban J connectivity index is 2.47. The average Bonchev–Trinajstić information content (AvgIpc) is 2.55. The van der Waals surface area contributed by atoms with Gasteiger partial charge in [-0.3, -0.25) is 14.5 Å². The van der Waals surface area contributed by atoms with Gasteiger partial charge in [-0.05, 0) is 39.5 Å². The van der Waals surface area contributed by atoms with Crippen molar-refractivity contribution in [2.24, 2.45) is 0 Å². The van der Waals surface area contributed by atoms with Crippen LogP contribution in [0.3, 0.4) is 0 Å². The third kappa shape index (κ3) is 6.11. The number of hydrogen-bond donors (Lipinski definition) is 1. The molecule has 0 radical (unpaired) electrons. The first-order chi connectivity index (χ1) is 11.1. The van der Waals surface area contributed by atoms with Crippen molar-refractivity contribution in [2.75, 3.05) is 26.3 Å². The SMILES string of the molecule is CCOC(=O)C(CC)NC1CCN(C(CC)C(=O)OCC)CC1. The molecule has 0 aromatic carbocycles. The van der Waals surface area contributed by atoms with Crippen LogP contribution in [0.5, 0.6) is 0 Å². The second-order valence-electron chi connectivity index (χ2n) is 5.87. The molecule has 0 bridgehead atoms. The number of nitrogens with one attached hydrogen (secondary N) is 1. The van der Waals surface area contributed by atoms with Crippen molar-refractivity contribution in [2.45, 2.75) is 71.5 Å². The van der Waals surface area contributed by atoms with E-state index in [0.717, 1.165) is 38.8 Å². The summed E-state index contributed by atoms with van der Waals surface area (Å²) in [5.74, 6) is -0.297. The fourth-order valence-corrected chi connectivity index (χ4v) is 3.07. The minimum Gasteiger partial charge on any atom is -0.465 e. The van der Waals surface area contributed by atoms with E-state index < -0.39 is 0 Å². The molecule has 0 amide bonds. The molecule has 1 saturated heterocycles. The lowest BCUT2D eigenvalue weighted by atomic mass is 10.0. The van der Waals surface area contributed by atoms with Crippen molar-refractivity contribution < 1.29 is 19.1 Å². The van der Waals surface area contributed by atoms with Crippen LogP contribution in [0.15, 0.2) is 0 Å². The van der Waals surface area contributed by atoms with E-state index in [2.05, 4.69) is 10.2 Å². The Kier molecular flexibility index (Phi) is 9.17. The number of likely N-dealkylation sites (tertiary alicyclic amines) is 1. The third-order valence-corrected chi connectivity index (χ3v) is 4.33. The fourth-order valence-electron chi connectivity index (χ4n) is 3.07. The van der Waals surface area contributed by atoms with Crippen molar-refractivity contribution in [3.8, 4) is 0 Å². The standard InChI is InChI=1S/C17H32N2O4/c1-5-14(16(20)22-7-3)18-13-9-11-19(12-10-13)15(6-2)17(21)23-8-4/h13-15,18H,5-12H2,1-4H3. The minimum atomic E-state index is -0.237. The first-order valence-corrected chi connectivity index (χ1v) is 8.90. The smallest absolute Gasteiger partial charge is 0.323 e. The van der Waals surface area contributed by atoms with Gasteiger partial charge in [-0.25, -0.2) is 0 Å². The summed E-state index contributed by atoms with van der Waals surface area (Å²) in [6, 6.07) is -0.0956. The number of carbonyl (C=O) groups excluding carboxylic acids is 2. The van der Waals surface area contributed by atoms with Gasteiger partial charge in [-0.15, -0.1) is 0 Å². The van der Waals surface area contributed by atoms with E-state index in [0.29, 0.717) is 19.3 Å². The quantitative estimate of drug-likeness (QED) is 0.650. The monoisotopic (exact) mass is 328 g/mol. The largest absolute Gasteiger partial charge is 0.465 e. The van der Waals surface area contributed by atoms with Crippen molar-refractivity contribution in [3.05, 3.63) is 0 Å². The summed E-state index contributed by atoms with van der Waals surface area (Å²) in [7, 11) is 0. The zero-order valence-corrected chi connectivity index (χ0v) is 15.0. The van der Waals surface area contributed by atoms with Gasteiger partial charge in [0, 0.05) is 19.1 Å². The molecule has 0 spiro atoms. The maximum atomic E-state index is 12.0. The summed E-state index contributed by atoms with van der Waals surface area (Å²) in [6.45, 7) is 10.2. The van der Waals surface area contributed by atoms with Crippen LogP contribution in [0.25, 0.3) is 0 Å². The molecule has 23 heavy (non-hydrogen) atoms. The van der Waals surface area contributed by atoms with Gasteiger partial charge in [-0.2, -0.15) is 0 Å². The predicted octanol–water partition coefficient (Wildman–Crippen LogP) is 1.72. The van der Waals surface area contributed by atoms with E-state index in [4.69, 9.17) is 9.47 Å². The molecule has 6 nitrogen and oxygen atoms in total. The molecule has 0 saturated carbocycles. The minimum absolute atomic E-state index is 0.126. The maximum absolute atomic E-state index is 12.0. The number of hydrogen-bond acceptors (Lipinski definition) is 6. The van der Waals surface area contributed by atoms with Crippen LogP contribution in [0.1, 0.15) is 53.4 Å². The zero-order valence-electron chi connectivity index (χ0n) is 15.0. The highest BCUT2D eigenvalue weighted by Gasteiger charge is 2.31. The molecule has 2 unspecified atom stereocenters. The number of piperidine rings is 1. The summed E-state index contributed by atoms with van der Waals surface area (Å²) in [4.78, 5) is 26.1. The molecule has 6 heteroatoms. The highest BCUT2D eigenvalue weighted by molar-refractivity contribution is 5.76. The Bertz CT molecular complexity index is 368. The lowest BCUT2D eigenvalue weighted by Crippen LogP contribution is -2.52. The van der Waals surface area contributed by atoms with Gasteiger partial charge < -0.3 is 14.8 Å². The topological polar surface area (TPSA) is 67.9 Å². The second-order valence-corrected chi connectivity index (χ2v) is 5.87. The van der Waals surface area contributed by atoms with E-state index >= 15 is 0 Å². The van der Waals surface area contributed by atoms with E-state index in [1.54, 1.807) is 0 Å². The molecule has 1 aliphatic heterocycles. The van der Waals surface area contributed by atoms with Crippen LogP contribution >= 0.6 is 0 Å². The summed E-state index contributed by atoms with van der Waals surface area (Å²) in [6.07, 6.45) is 3.33. The summed E-state index contributed by atoms with van der Waals surface area (Å²) in [5, 5.41) is 3.40. The lowest BCUT2D eigenvalue weighted by molar-refractivity contribution is -0.150. The van der Waals surface area contributed by atoms with Gasteiger partial charge in [-0.1, -0.05) is 13.8 Å². The number of nitrogens with zero attached hydrogens (tertiary/aromatic N) is 1. The Labute approximate surface area is 139 Å². The van der Waals surface area contributed by atoms with Crippen molar-refractivity contribution in [3.63, 3.8) is 0 Å². The van der Waals surface area contributed by atoms with Gasteiger partial charge in [0.15, 0.2) is 0 Å². The zero-order chi connectivity index (χ0) is 17.2. The summed E-state index contributed by atoms with van der Waals surface area (Å²) < 4.78 is 10.3. The number of rotatable bonds is 9. The summed E-state index contributed by atoms with van der Waals surface area (Å²) in [5.41, 5.74) is 0. The maximum Gasteiger partial charge on any atom is 0.323 e. The molecule has 0 aromatic heterocycles. The number of esters is 2. The van der Waals surface area contributed by atoms with E-state index in [1.165, 1.54) is 0 Å². The van der Waals surface area contributed by atoms with Gasteiger partial charge in [0.1, 0.15) is 12.1 Å². The second kappa shape index (κ2) is 10.6. The molecule has 1 fully saturated rings. The van der Waals surface area contributed by atoms with Crippen molar-refractivity contribution in [1.29, 1.82) is 0 Å². The van der Waals surface area contributed by atoms with E-state index in [1.807, 2.05) is 27.7 Å². The molecule has 1 rings (SSSR count). The third-order valence-electron chi connectivity index (χ3n) is 4.33. The molecule has 134 valence electrons. The molecule has 0 aromatic rings. The van der Waals surface area contributed by atoms with Crippen LogP contribution in [-0.4, -0.2) is 61.3 Å². The van der Waals surface area contributed by atoms with Gasteiger partial charge in [0.25, 0.3) is 0 Å². The first kappa shape index (κ1) is 19.9. The molecule has 1 aliphatic rings. The van der Waals surface area contributed by atoms with E-state index in [-0.39, 0.29) is 24.0 Å². The van der Waals surface area contributed by atoms with Gasteiger partial charge in [0.05, 0.1) is 13.2 Å². The Morgan fingerprint density at radius 3 is 2.04 bits per heavy atom. The van der Waals surface area contributed by atoms with Crippen LogP contribution in [0.2, 0.25) is 0 Å². The Hall–Kier alpha value is -1.14. The molecular weight excluding hydrogens is 296 g/mol. The fraction of sp³-hybridized carbons (Fsp3) is 0.882. The van der Waals surface area contributed by atoms with E-state index in [9.17, 15) is 9.59 Å². The van der Waals surface area contributed by atoms with Crippen LogP contribution in [0, 0.1) is 0 Å². The highest BCUT2D eigenvalue weighted by atomic mass is 16.5. The number of carbonyl (C=O) groups is 2. The first-order valence-electron chi connectivity index (χ1n) is 8.90. The van der Waals surface area contributed by atoms with Gasteiger partial charge >= 0.3 is 11.9 Å². The molecule has 0 aliphatic carbocycles.